The van der Waals surface area contributed by atoms with Crippen LogP contribution in [0.5, 0.6) is 0 Å². The third-order valence-corrected chi connectivity index (χ3v) is 4.05. The molecule has 3 atom stereocenters. The molecule has 1 aliphatic carbocycles. The highest BCUT2D eigenvalue weighted by molar-refractivity contribution is 5.21. The van der Waals surface area contributed by atoms with Crippen molar-refractivity contribution in [2.75, 3.05) is 13.2 Å². The van der Waals surface area contributed by atoms with Gasteiger partial charge in [0, 0.05) is 12.6 Å². The van der Waals surface area contributed by atoms with Gasteiger partial charge in [-0.1, -0.05) is 12.5 Å². The lowest BCUT2D eigenvalue weighted by atomic mass is 10.1. The summed E-state index contributed by atoms with van der Waals surface area (Å²) in [5.74, 6) is -1.04. The summed E-state index contributed by atoms with van der Waals surface area (Å²) in [6, 6.07) is 4.54. The van der Waals surface area contributed by atoms with Crippen molar-refractivity contribution in [1.29, 1.82) is 0 Å². The van der Waals surface area contributed by atoms with E-state index in [1.807, 2.05) is 0 Å². The van der Waals surface area contributed by atoms with Gasteiger partial charge in [-0.2, -0.15) is 0 Å². The first-order valence-corrected chi connectivity index (χ1v) is 6.54. The zero-order valence-electron chi connectivity index (χ0n) is 10.2. The van der Waals surface area contributed by atoms with E-state index in [2.05, 4.69) is 5.32 Å². The Labute approximate surface area is 105 Å². The summed E-state index contributed by atoms with van der Waals surface area (Å²) in [5, 5.41) is 3.48. The Kier molecular flexibility index (Phi) is 3.31. The monoisotopic (exact) mass is 253 g/mol. The topological polar surface area (TPSA) is 21.3 Å². The van der Waals surface area contributed by atoms with Gasteiger partial charge in [-0.25, -0.2) is 8.78 Å². The Hall–Kier alpha value is -1.00. The van der Waals surface area contributed by atoms with E-state index in [0.29, 0.717) is 30.7 Å². The third kappa shape index (κ3) is 2.27. The molecule has 1 aromatic rings. The first kappa shape index (κ1) is 12.1. The van der Waals surface area contributed by atoms with Gasteiger partial charge in [0.1, 0.15) is 0 Å². The molecule has 2 aliphatic rings. The molecule has 4 heteroatoms. The molecular formula is C14H17F2NO. The van der Waals surface area contributed by atoms with Gasteiger partial charge in [0.05, 0.1) is 12.7 Å². The molecule has 1 heterocycles. The number of fused-ring (bicyclic) bond motifs is 1. The molecule has 1 saturated heterocycles. The van der Waals surface area contributed by atoms with Crippen LogP contribution in [0, 0.1) is 17.6 Å². The number of hydrogen-bond acceptors (Lipinski definition) is 2. The van der Waals surface area contributed by atoms with Crippen LogP contribution in [0.3, 0.4) is 0 Å². The van der Waals surface area contributed by atoms with E-state index < -0.39 is 11.6 Å². The van der Waals surface area contributed by atoms with Crippen LogP contribution in [0.4, 0.5) is 8.78 Å². The Balaban J connectivity index is 1.74. The molecule has 0 spiro atoms. The molecule has 0 amide bonds. The van der Waals surface area contributed by atoms with E-state index in [-0.39, 0.29) is 6.10 Å². The highest BCUT2D eigenvalue weighted by atomic mass is 19.2. The van der Waals surface area contributed by atoms with Crippen LogP contribution in [-0.2, 0) is 4.74 Å². The molecule has 3 unspecified atom stereocenters. The van der Waals surface area contributed by atoms with Crippen molar-refractivity contribution in [3.05, 3.63) is 35.4 Å². The Morgan fingerprint density at radius 1 is 1.17 bits per heavy atom. The molecular weight excluding hydrogens is 236 g/mol. The van der Waals surface area contributed by atoms with Gasteiger partial charge in [0.2, 0.25) is 0 Å². The Morgan fingerprint density at radius 2 is 2.06 bits per heavy atom. The number of ether oxygens (including phenoxy) is 1. The summed E-state index contributed by atoms with van der Waals surface area (Å²) in [6.45, 7) is 1.38. The minimum atomic E-state index is -0.808. The smallest absolute Gasteiger partial charge is 0.159 e. The minimum Gasteiger partial charge on any atom is -0.372 e. The zero-order valence-corrected chi connectivity index (χ0v) is 10.2. The van der Waals surface area contributed by atoms with Gasteiger partial charge >= 0.3 is 0 Å². The van der Waals surface area contributed by atoms with Crippen LogP contribution < -0.4 is 5.32 Å². The fourth-order valence-corrected chi connectivity index (χ4v) is 2.99. The summed E-state index contributed by atoms with van der Waals surface area (Å²) in [6.07, 6.45) is 3.47. The predicted octanol–water partition coefficient (Wildman–Crippen LogP) is 2.79. The summed E-state index contributed by atoms with van der Waals surface area (Å²) < 4.78 is 32.0. The van der Waals surface area contributed by atoms with Crippen molar-refractivity contribution in [2.24, 2.45) is 5.92 Å². The second kappa shape index (κ2) is 4.94. The normalized spacial score (nSPS) is 32.0. The molecule has 1 saturated carbocycles. The van der Waals surface area contributed by atoms with Gasteiger partial charge in [0.25, 0.3) is 0 Å². The van der Waals surface area contributed by atoms with Crippen molar-refractivity contribution in [2.45, 2.75) is 31.4 Å². The largest absolute Gasteiger partial charge is 0.372 e. The van der Waals surface area contributed by atoms with E-state index in [9.17, 15) is 8.78 Å². The quantitative estimate of drug-likeness (QED) is 0.831. The third-order valence-electron chi connectivity index (χ3n) is 4.05. The average Bonchev–Trinajstić information content (AvgIpc) is 2.72. The van der Waals surface area contributed by atoms with E-state index in [1.165, 1.54) is 31.4 Å². The Morgan fingerprint density at radius 3 is 2.89 bits per heavy atom. The van der Waals surface area contributed by atoms with Crippen LogP contribution in [0.15, 0.2) is 18.2 Å². The number of halogens is 2. The maximum Gasteiger partial charge on any atom is 0.159 e. The SMILES string of the molecule is Fc1ccc(C2CNC3CCCC3CO2)cc1F. The van der Waals surface area contributed by atoms with Crippen LogP contribution >= 0.6 is 0 Å². The van der Waals surface area contributed by atoms with Crippen LogP contribution in [-0.4, -0.2) is 19.2 Å². The average molecular weight is 253 g/mol. The lowest BCUT2D eigenvalue weighted by molar-refractivity contribution is 0.0471. The van der Waals surface area contributed by atoms with Crippen molar-refractivity contribution in [3.63, 3.8) is 0 Å². The second-order valence-corrected chi connectivity index (χ2v) is 5.20. The predicted molar refractivity (Wildman–Crippen MR) is 64.2 cm³/mol. The van der Waals surface area contributed by atoms with Crippen LogP contribution in [0.2, 0.25) is 0 Å². The summed E-state index contributed by atoms with van der Waals surface area (Å²) in [5.41, 5.74) is 0.710. The molecule has 1 aliphatic heterocycles. The van der Waals surface area contributed by atoms with Gasteiger partial charge in [-0.15, -0.1) is 0 Å². The molecule has 0 bridgehead atoms. The van der Waals surface area contributed by atoms with Gasteiger partial charge in [-0.3, -0.25) is 0 Å². The molecule has 98 valence electrons. The first-order valence-electron chi connectivity index (χ1n) is 6.54. The maximum atomic E-state index is 13.2. The maximum absolute atomic E-state index is 13.2. The summed E-state index contributed by atoms with van der Waals surface area (Å²) in [4.78, 5) is 0. The molecule has 18 heavy (non-hydrogen) atoms. The van der Waals surface area contributed by atoms with Gasteiger partial charge in [-0.05, 0) is 36.5 Å². The number of nitrogens with one attached hydrogen (secondary N) is 1. The minimum absolute atomic E-state index is 0.175. The van der Waals surface area contributed by atoms with Crippen molar-refractivity contribution in [3.8, 4) is 0 Å². The number of rotatable bonds is 1. The van der Waals surface area contributed by atoms with E-state index in [0.717, 1.165) is 0 Å². The van der Waals surface area contributed by atoms with Gasteiger partial charge in [0.15, 0.2) is 11.6 Å². The highest BCUT2D eigenvalue weighted by Crippen LogP contribution is 2.31. The van der Waals surface area contributed by atoms with Crippen molar-refractivity contribution in [1.82, 2.24) is 5.32 Å². The fraction of sp³-hybridized carbons (Fsp3) is 0.571. The summed E-state index contributed by atoms with van der Waals surface area (Å²) >= 11 is 0. The molecule has 1 aromatic carbocycles. The molecule has 1 N–H and O–H groups in total. The van der Waals surface area contributed by atoms with Crippen LogP contribution in [0.25, 0.3) is 0 Å². The second-order valence-electron chi connectivity index (χ2n) is 5.20. The zero-order chi connectivity index (χ0) is 12.5. The lowest BCUT2D eigenvalue weighted by Gasteiger charge is -2.16. The standard InChI is InChI=1S/C14H17F2NO/c15-11-5-4-9(6-12(11)16)14-7-17-13-3-1-2-10(13)8-18-14/h4-6,10,13-14,17H,1-3,7-8H2. The molecule has 2 nitrogen and oxygen atoms in total. The van der Waals surface area contributed by atoms with Crippen molar-refractivity contribution < 1.29 is 13.5 Å². The number of benzene rings is 1. The van der Waals surface area contributed by atoms with Crippen molar-refractivity contribution >= 4 is 0 Å². The van der Waals surface area contributed by atoms with E-state index in [1.54, 1.807) is 6.07 Å². The molecule has 0 radical (unpaired) electrons. The molecule has 0 aromatic heterocycles. The highest BCUT2D eigenvalue weighted by Gasteiger charge is 2.31. The Bertz CT molecular complexity index is 424. The lowest BCUT2D eigenvalue weighted by Crippen LogP contribution is -2.32. The fourth-order valence-electron chi connectivity index (χ4n) is 2.99. The van der Waals surface area contributed by atoms with Gasteiger partial charge < -0.3 is 10.1 Å². The summed E-state index contributed by atoms with van der Waals surface area (Å²) in [7, 11) is 0. The first-order chi connectivity index (χ1) is 8.74. The van der Waals surface area contributed by atoms with E-state index in [4.69, 9.17) is 4.74 Å². The van der Waals surface area contributed by atoms with Crippen LogP contribution in [0.1, 0.15) is 30.9 Å². The van der Waals surface area contributed by atoms with E-state index >= 15 is 0 Å². The molecule has 2 fully saturated rings. The number of hydrogen-bond donors (Lipinski definition) is 1. The molecule has 3 rings (SSSR count).